The van der Waals surface area contributed by atoms with Crippen LogP contribution in [0.2, 0.25) is 0 Å². The number of nitrogens with zero attached hydrogens (tertiary/aromatic N) is 1. The van der Waals surface area contributed by atoms with Crippen LogP contribution in [0.1, 0.15) is 63.9 Å². The molecule has 0 radical (unpaired) electrons. The van der Waals surface area contributed by atoms with Crippen molar-refractivity contribution >= 4 is 15.7 Å². The van der Waals surface area contributed by atoms with Gasteiger partial charge in [-0.05, 0) is 43.5 Å². The second-order valence-electron chi connectivity index (χ2n) is 9.32. The lowest BCUT2D eigenvalue weighted by atomic mass is 9.75. The molecule has 1 saturated heterocycles. The standard InChI is InChI=1S/C24H40N2O4S/c1-3-4-5-6-7-8-14-26-18-21-12-13-22(19-26)24(21,27)20-10-9-11-23(17-20)25-31(28,29)16-15-30-2/h9-11,17,21-22,25,27H,3-8,12-16,18-19H2,1-2H3. The van der Waals surface area contributed by atoms with Crippen molar-refractivity contribution in [3.05, 3.63) is 29.8 Å². The van der Waals surface area contributed by atoms with E-state index in [2.05, 4.69) is 16.5 Å². The maximum atomic E-state index is 12.2. The fraction of sp³-hybridized carbons (Fsp3) is 0.750. The SMILES string of the molecule is CCCCCCCCN1CC2CCC(C1)C2(O)c1cccc(NS(=O)(=O)CCOC)c1. The van der Waals surface area contributed by atoms with Gasteiger partial charge in [0.25, 0.3) is 0 Å². The van der Waals surface area contributed by atoms with Gasteiger partial charge >= 0.3 is 0 Å². The fourth-order valence-electron chi connectivity index (χ4n) is 5.36. The smallest absolute Gasteiger partial charge is 0.234 e. The Kier molecular flexibility index (Phi) is 8.79. The number of likely N-dealkylation sites (tertiary alicyclic amines) is 1. The molecule has 0 spiro atoms. The highest BCUT2D eigenvalue weighted by Crippen LogP contribution is 2.51. The molecule has 2 unspecified atom stereocenters. The topological polar surface area (TPSA) is 78.9 Å². The number of nitrogens with one attached hydrogen (secondary N) is 1. The molecule has 2 fully saturated rings. The Morgan fingerprint density at radius 3 is 2.48 bits per heavy atom. The number of hydrogen-bond acceptors (Lipinski definition) is 5. The molecule has 31 heavy (non-hydrogen) atoms. The van der Waals surface area contributed by atoms with E-state index in [1.165, 1.54) is 45.6 Å². The minimum Gasteiger partial charge on any atom is -0.384 e. The summed E-state index contributed by atoms with van der Waals surface area (Å²) < 4.78 is 32.0. The second-order valence-corrected chi connectivity index (χ2v) is 11.2. The third-order valence-electron chi connectivity index (χ3n) is 7.05. The average Bonchev–Trinajstić information content (AvgIpc) is 2.91. The molecule has 176 valence electrons. The number of fused-ring (bicyclic) bond motifs is 2. The molecule has 1 aliphatic carbocycles. The van der Waals surface area contributed by atoms with Crippen LogP contribution in [0.15, 0.2) is 24.3 Å². The fourth-order valence-corrected chi connectivity index (χ4v) is 6.33. The first-order valence-corrected chi connectivity index (χ1v) is 13.6. The van der Waals surface area contributed by atoms with Gasteiger partial charge < -0.3 is 14.7 Å². The average molecular weight is 453 g/mol. The number of methoxy groups -OCH3 is 1. The summed E-state index contributed by atoms with van der Waals surface area (Å²) >= 11 is 0. The number of aliphatic hydroxyl groups is 1. The van der Waals surface area contributed by atoms with Crippen LogP contribution < -0.4 is 4.72 Å². The minimum absolute atomic E-state index is 0.0867. The highest BCUT2D eigenvalue weighted by Gasteiger charge is 2.53. The molecule has 0 aromatic heterocycles. The predicted octanol–water partition coefficient (Wildman–Crippen LogP) is 3.96. The van der Waals surface area contributed by atoms with Crippen molar-refractivity contribution in [1.29, 1.82) is 0 Å². The van der Waals surface area contributed by atoms with Crippen LogP contribution in [-0.2, 0) is 20.4 Å². The summed E-state index contributed by atoms with van der Waals surface area (Å²) in [7, 11) is -1.98. The lowest BCUT2D eigenvalue weighted by molar-refractivity contribution is -0.0898. The first kappa shape index (κ1) is 24.5. The van der Waals surface area contributed by atoms with E-state index in [-0.39, 0.29) is 24.2 Å². The third-order valence-corrected chi connectivity index (χ3v) is 8.30. The zero-order chi connectivity index (χ0) is 22.3. The minimum atomic E-state index is -3.47. The van der Waals surface area contributed by atoms with Crippen LogP contribution in [0.3, 0.4) is 0 Å². The maximum Gasteiger partial charge on any atom is 0.234 e. The number of unbranched alkanes of at least 4 members (excludes halogenated alkanes) is 5. The quantitative estimate of drug-likeness (QED) is 0.443. The number of ether oxygens (including phenoxy) is 1. The van der Waals surface area contributed by atoms with Gasteiger partial charge in [-0.1, -0.05) is 51.2 Å². The molecular weight excluding hydrogens is 412 g/mol. The summed E-state index contributed by atoms with van der Waals surface area (Å²) in [5.74, 6) is 0.315. The number of hydrogen-bond donors (Lipinski definition) is 2. The summed E-state index contributed by atoms with van der Waals surface area (Å²) in [4.78, 5) is 2.54. The molecule has 0 amide bonds. The third kappa shape index (κ3) is 6.21. The van der Waals surface area contributed by atoms with Gasteiger partial charge in [0.1, 0.15) is 0 Å². The van der Waals surface area contributed by atoms with Gasteiger partial charge in [-0.25, -0.2) is 8.42 Å². The molecule has 2 aliphatic rings. The normalized spacial score (nSPS) is 26.3. The van der Waals surface area contributed by atoms with Crippen LogP contribution in [-0.4, -0.2) is 57.5 Å². The van der Waals surface area contributed by atoms with Crippen LogP contribution in [0.5, 0.6) is 0 Å². The van der Waals surface area contributed by atoms with Crippen LogP contribution in [0, 0.1) is 11.8 Å². The van der Waals surface area contributed by atoms with Crippen LogP contribution in [0.4, 0.5) is 5.69 Å². The molecule has 2 N–H and O–H groups in total. The van der Waals surface area contributed by atoms with E-state index >= 15 is 0 Å². The van der Waals surface area contributed by atoms with Gasteiger partial charge in [0, 0.05) is 37.7 Å². The number of rotatable bonds is 13. The van der Waals surface area contributed by atoms with Crippen LogP contribution in [0.25, 0.3) is 0 Å². The Hall–Kier alpha value is -1.15. The van der Waals surface area contributed by atoms with Crippen molar-refractivity contribution in [3.63, 3.8) is 0 Å². The number of sulfonamides is 1. The van der Waals surface area contributed by atoms with Gasteiger partial charge in [0.15, 0.2) is 0 Å². The van der Waals surface area contributed by atoms with E-state index < -0.39 is 15.6 Å². The molecule has 1 aromatic rings. The van der Waals surface area contributed by atoms with Crippen molar-refractivity contribution in [2.45, 2.75) is 63.9 Å². The Morgan fingerprint density at radius 1 is 1.13 bits per heavy atom. The summed E-state index contributed by atoms with van der Waals surface area (Å²) in [5.41, 5.74) is 0.480. The van der Waals surface area contributed by atoms with Gasteiger partial charge in [-0.15, -0.1) is 0 Å². The number of piperidine rings is 1. The Morgan fingerprint density at radius 2 is 1.81 bits per heavy atom. The molecule has 6 nitrogen and oxygen atoms in total. The highest BCUT2D eigenvalue weighted by molar-refractivity contribution is 7.92. The molecule has 3 rings (SSSR count). The van der Waals surface area contributed by atoms with Gasteiger partial charge in [-0.3, -0.25) is 4.72 Å². The Bertz CT molecular complexity index is 785. The highest BCUT2D eigenvalue weighted by atomic mass is 32.2. The molecule has 1 aromatic carbocycles. The van der Waals surface area contributed by atoms with Crippen molar-refractivity contribution in [2.75, 3.05) is 43.8 Å². The summed E-state index contributed by atoms with van der Waals surface area (Å²) in [5, 5.41) is 11.8. The lowest BCUT2D eigenvalue weighted by Crippen LogP contribution is -2.52. The van der Waals surface area contributed by atoms with E-state index in [0.717, 1.165) is 38.0 Å². The Labute approximate surface area is 188 Å². The summed E-state index contributed by atoms with van der Waals surface area (Å²) in [6.45, 7) is 5.36. The molecule has 1 saturated carbocycles. The molecule has 1 heterocycles. The molecule has 1 aliphatic heterocycles. The predicted molar refractivity (Wildman–Crippen MR) is 126 cm³/mol. The van der Waals surface area contributed by atoms with Crippen molar-refractivity contribution in [1.82, 2.24) is 4.90 Å². The lowest BCUT2D eigenvalue weighted by Gasteiger charge is -2.45. The first-order chi connectivity index (χ1) is 14.9. The Balaban J connectivity index is 1.61. The van der Waals surface area contributed by atoms with Crippen molar-refractivity contribution in [2.24, 2.45) is 11.8 Å². The summed E-state index contributed by atoms with van der Waals surface area (Å²) in [6, 6.07) is 7.34. The van der Waals surface area contributed by atoms with E-state index in [9.17, 15) is 13.5 Å². The number of anilines is 1. The maximum absolute atomic E-state index is 12.2. The van der Waals surface area contributed by atoms with E-state index in [4.69, 9.17) is 4.74 Å². The van der Waals surface area contributed by atoms with Gasteiger partial charge in [0.05, 0.1) is 18.0 Å². The van der Waals surface area contributed by atoms with E-state index in [1.807, 2.05) is 18.2 Å². The van der Waals surface area contributed by atoms with Gasteiger partial charge in [0.2, 0.25) is 10.0 Å². The van der Waals surface area contributed by atoms with E-state index in [0.29, 0.717) is 5.69 Å². The molecule has 7 heteroatoms. The zero-order valence-corrected chi connectivity index (χ0v) is 20.0. The van der Waals surface area contributed by atoms with Crippen molar-refractivity contribution in [3.8, 4) is 0 Å². The van der Waals surface area contributed by atoms with Gasteiger partial charge in [-0.2, -0.15) is 0 Å². The molecule has 2 bridgehead atoms. The number of benzene rings is 1. The molecular formula is C24H40N2O4S. The van der Waals surface area contributed by atoms with Crippen molar-refractivity contribution < 1.29 is 18.3 Å². The second kappa shape index (κ2) is 11.1. The molecule has 2 atom stereocenters. The monoisotopic (exact) mass is 452 g/mol. The first-order valence-electron chi connectivity index (χ1n) is 11.9. The zero-order valence-electron chi connectivity index (χ0n) is 19.2. The van der Waals surface area contributed by atoms with E-state index in [1.54, 1.807) is 6.07 Å². The summed E-state index contributed by atoms with van der Waals surface area (Å²) in [6.07, 6.45) is 9.86. The van der Waals surface area contributed by atoms with Crippen LogP contribution >= 0.6 is 0 Å². The largest absolute Gasteiger partial charge is 0.384 e.